The molecular formula is C22H27N5O2. The van der Waals surface area contributed by atoms with Crippen LogP contribution in [-0.2, 0) is 0 Å². The van der Waals surface area contributed by atoms with Crippen molar-refractivity contribution in [2.24, 2.45) is 5.11 Å². The maximum atomic E-state index is 12.6. The standard InChI is InChI=1S/C22H23N5O2.2H2/c1-2-3-13-29-18-9-7-17(8-10-18)25-22(28)16-6-4-5-15(14-16)20-12-11-19(23)21(26-20)27-24;;/h4-12,14,24H,2-3,13,23H2,1H3,(H,25,28);2*1H. The summed E-state index contributed by atoms with van der Waals surface area (Å²) in [5.74, 6) is 0.703. The zero-order chi connectivity index (χ0) is 20.6. The molecule has 152 valence electrons. The van der Waals surface area contributed by atoms with Gasteiger partial charge in [-0.1, -0.05) is 25.5 Å². The van der Waals surface area contributed by atoms with E-state index in [-0.39, 0.29) is 14.6 Å². The molecule has 0 aliphatic rings. The Morgan fingerprint density at radius 1 is 1.21 bits per heavy atom. The van der Waals surface area contributed by atoms with Crippen LogP contribution in [0.5, 0.6) is 5.75 Å². The molecule has 0 bridgehead atoms. The van der Waals surface area contributed by atoms with Gasteiger partial charge in [0.1, 0.15) is 5.75 Å². The minimum absolute atomic E-state index is 0. The molecule has 1 amide bonds. The summed E-state index contributed by atoms with van der Waals surface area (Å²) in [6.07, 6.45) is 2.09. The second-order valence-corrected chi connectivity index (χ2v) is 6.48. The van der Waals surface area contributed by atoms with E-state index in [0.717, 1.165) is 24.2 Å². The Bertz CT molecular complexity index is 1010. The summed E-state index contributed by atoms with van der Waals surface area (Å²) in [6.45, 7) is 2.80. The topological polar surface area (TPSA) is 113 Å². The molecule has 4 N–H and O–H groups in total. The molecule has 0 aliphatic heterocycles. The molecule has 0 radical (unpaired) electrons. The molecule has 0 atom stereocenters. The number of anilines is 2. The second-order valence-electron chi connectivity index (χ2n) is 6.48. The SMILES string of the molecule is CCCCOc1ccc(NC(=O)c2cccc(-c3ccc(N)c(N=N)n3)c2)cc1.[HH].[HH]. The van der Waals surface area contributed by atoms with Crippen LogP contribution in [0.15, 0.2) is 65.8 Å². The molecule has 29 heavy (non-hydrogen) atoms. The van der Waals surface area contributed by atoms with Gasteiger partial charge >= 0.3 is 0 Å². The number of hydrogen-bond donors (Lipinski definition) is 3. The summed E-state index contributed by atoms with van der Waals surface area (Å²) in [7, 11) is 0. The zero-order valence-corrected chi connectivity index (χ0v) is 16.2. The van der Waals surface area contributed by atoms with Crippen molar-refractivity contribution in [2.75, 3.05) is 17.7 Å². The molecular weight excluding hydrogens is 366 g/mol. The first-order chi connectivity index (χ1) is 14.1. The zero-order valence-electron chi connectivity index (χ0n) is 16.2. The Balaban J connectivity index is 0.00000240. The van der Waals surface area contributed by atoms with Gasteiger partial charge in [-0.15, -0.1) is 5.11 Å². The van der Waals surface area contributed by atoms with Crippen molar-refractivity contribution < 1.29 is 12.4 Å². The lowest BCUT2D eigenvalue weighted by molar-refractivity contribution is 0.102. The Hall–Kier alpha value is -3.74. The van der Waals surface area contributed by atoms with E-state index in [0.29, 0.717) is 29.2 Å². The van der Waals surface area contributed by atoms with Crippen molar-refractivity contribution in [1.29, 1.82) is 5.53 Å². The number of rotatable bonds is 8. The van der Waals surface area contributed by atoms with Crippen molar-refractivity contribution in [2.45, 2.75) is 19.8 Å². The quantitative estimate of drug-likeness (QED) is 0.326. The molecule has 7 nitrogen and oxygen atoms in total. The highest BCUT2D eigenvalue weighted by Crippen LogP contribution is 2.26. The van der Waals surface area contributed by atoms with Gasteiger partial charge in [0.25, 0.3) is 5.91 Å². The van der Waals surface area contributed by atoms with Crippen LogP contribution in [0, 0.1) is 5.53 Å². The number of amides is 1. The number of ether oxygens (including phenoxy) is 1. The molecule has 1 heterocycles. The van der Waals surface area contributed by atoms with Crippen LogP contribution in [0.25, 0.3) is 11.3 Å². The van der Waals surface area contributed by atoms with Crippen LogP contribution in [0.3, 0.4) is 0 Å². The van der Waals surface area contributed by atoms with Crippen LogP contribution >= 0.6 is 0 Å². The number of hydrogen-bond acceptors (Lipinski definition) is 6. The monoisotopic (exact) mass is 393 g/mol. The summed E-state index contributed by atoms with van der Waals surface area (Å²) in [4.78, 5) is 16.9. The summed E-state index contributed by atoms with van der Waals surface area (Å²) in [6, 6.07) is 17.8. The molecule has 0 fully saturated rings. The van der Waals surface area contributed by atoms with Gasteiger partial charge in [0.2, 0.25) is 0 Å². The average Bonchev–Trinajstić information content (AvgIpc) is 2.75. The molecule has 0 unspecified atom stereocenters. The fourth-order valence-electron chi connectivity index (χ4n) is 2.70. The maximum Gasteiger partial charge on any atom is 0.255 e. The molecule has 3 rings (SSSR count). The van der Waals surface area contributed by atoms with E-state index in [1.165, 1.54) is 0 Å². The number of nitrogens with one attached hydrogen (secondary N) is 2. The molecule has 0 aliphatic carbocycles. The van der Waals surface area contributed by atoms with Crippen LogP contribution in [0.4, 0.5) is 17.2 Å². The average molecular weight is 393 g/mol. The highest BCUT2D eigenvalue weighted by molar-refractivity contribution is 6.04. The molecule has 7 heteroatoms. The van der Waals surface area contributed by atoms with Gasteiger partial charge in [-0.3, -0.25) is 4.79 Å². The number of nitrogens with two attached hydrogens (primary N) is 1. The van der Waals surface area contributed by atoms with Gasteiger partial charge in [-0.2, -0.15) is 0 Å². The number of benzene rings is 2. The number of carbonyl (C=O) groups excluding carboxylic acids is 1. The molecule has 0 saturated carbocycles. The lowest BCUT2D eigenvalue weighted by Gasteiger charge is -2.09. The minimum atomic E-state index is -0.229. The van der Waals surface area contributed by atoms with E-state index in [1.54, 1.807) is 30.3 Å². The Kier molecular flexibility index (Phi) is 6.52. The number of aromatic nitrogens is 1. The van der Waals surface area contributed by atoms with Crippen LogP contribution in [0.1, 0.15) is 33.0 Å². The third kappa shape index (κ3) is 5.16. The summed E-state index contributed by atoms with van der Waals surface area (Å²) in [5, 5.41) is 6.20. The number of carbonyl (C=O) groups is 1. The molecule has 1 aromatic heterocycles. The van der Waals surface area contributed by atoms with Crippen molar-refractivity contribution in [3.05, 3.63) is 66.2 Å². The largest absolute Gasteiger partial charge is 0.494 e. The Morgan fingerprint density at radius 2 is 2.00 bits per heavy atom. The van der Waals surface area contributed by atoms with Crippen LogP contribution < -0.4 is 15.8 Å². The maximum absolute atomic E-state index is 12.6. The fraction of sp³-hybridized carbons (Fsp3) is 0.182. The Morgan fingerprint density at radius 3 is 2.72 bits per heavy atom. The summed E-state index contributed by atoms with van der Waals surface area (Å²) >= 11 is 0. The van der Waals surface area contributed by atoms with Crippen molar-refractivity contribution in [3.63, 3.8) is 0 Å². The normalized spacial score (nSPS) is 10.4. The van der Waals surface area contributed by atoms with Crippen molar-refractivity contribution in [3.8, 4) is 17.0 Å². The summed E-state index contributed by atoms with van der Waals surface area (Å²) in [5.41, 5.74) is 15.7. The first kappa shape index (κ1) is 20.0. The van der Waals surface area contributed by atoms with Crippen LogP contribution in [-0.4, -0.2) is 17.5 Å². The van der Waals surface area contributed by atoms with E-state index >= 15 is 0 Å². The van der Waals surface area contributed by atoms with Gasteiger partial charge in [0, 0.05) is 19.7 Å². The number of unbranched alkanes of at least 4 members (excludes halogenated alkanes) is 1. The predicted octanol–water partition coefficient (Wildman–Crippen LogP) is 5.92. The first-order valence-electron chi connectivity index (χ1n) is 9.39. The predicted molar refractivity (Wildman–Crippen MR) is 118 cm³/mol. The smallest absolute Gasteiger partial charge is 0.255 e. The lowest BCUT2D eigenvalue weighted by Crippen LogP contribution is -2.11. The van der Waals surface area contributed by atoms with Crippen LogP contribution in [0.2, 0.25) is 0 Å². The lowest BCUT2D eigenvalue weighted by atomic mass is 10.1. The second kappa shape index (κ2) is 9.45. The highest BCUT2D eigenvalue weighted by Gasteiger charge is 2.10. The van der Waals surface area contributed by atoms with Crippen molar-refractivity contribution in [1.82, 2.24) is 4.98 Å². The van der Waals surface area contributed by atoms with E-state index in [1.807, 2.05) is 30.3 Å². The summed E-state index contributed by atoms with van der Waals surface area (Å²) < 4.78 is 5.63. The Labute approximate surface area is 172 Å². The van der Waals surface area contributed by atoms with E-state index in [2.05, 4.69) is 22.3 Å². The highest BCUT2D eigenvalue weighted by atomic mass is 16.5. The molecule has 3 aromatic rings. The van der Waals surface area contributed by atoms with Crippen molar-refractivity contribution >= 4 is 23.1 Å². The number of nitrogens with zero attached hydrogens (tertiary/aromatic N) is 2. The first-order valence-corrected chi connectivity index (χ1v) is 9.39. The van der Waals surface area contributed by atoms with Gasteiger partial charge in [-0.25, -0.2) is 10.5 Å². The number of pyridine rings is 1. The third-order valence-corrected chi connectivity index (χ3v) is 4.31. The third-order valence-electron chi connectivity index (χ3n) is 4.31. The van der Waals surface area contributed by atoms with E-state index < -0.39 is 0 Å². The fourth-order valence-corrected chi connectivity index (χ4v) is 2.70. The van der Waals surface area contributed by atoms with E-state index in [9.17, 15) is 4.79 Å². The minimum Gasteiger partial charge on any atom is -0.494 e. The van der Waals surface area contributed by atoms with Gasteiger partial charge in [0.05, 0.1) is 18.0 Å². The molecule has 0 spiro atoms. The van der Waals surface area contributed by atoms with Gasteiger partial charge in [0.15, 0.2) is 5.82 Å². The van der Waals surface area contributed by atoms with Gasteiger partial charge < -0.3 is 15.8 Å². The van der Waals surface area contributed by atoms with Gasteiger partial charge in [-0.05, 0) is 55.0 Å². The molecule has 2 aromatic carbocycles. The number of nitrogen functional groups attached to an aromatic ring is 1. The van der Waals surface area contributed by atoms with E-state index in [4.69, 9.17) is 16.0 Å². The molecule has 0 saturated heterocycles.